The number of hydrogen-bond acceptors (Lipinski definition) is 4. The Morgan fingerprint density at radius 1 is 1.04 bits per heavy atom. The molecule has 0 aliphatic rings. The lowest BCUT2D eigenvalue weighted by Crippen LogP contribution is -1.95. The van der Waals surface area contributed by atoms with Crippen LogP contribution in [0.2, 0.25) is 0 Å². The molecule has 0 fully saturated rings. The molecule has 0 aliphatic heterocycles. The summed E-state index contributed by atoms with van der Waals surface area (Å²) in [7, 11) is 1.65. The summed E-state index contributed by atoms with van der Waals surface area (Å²) in [6.45, 7) is 4.63. The highest BCUT2D eigenvalue weighted by Gasteiger charge is 2.02. The smallest absolute Gasteiger partial charge is 0.129 e. The van der Waals surface area contributed by atoms with Crippen molar-refractivity contribution in [1.29, 1.82) is 0 Å². The minimum Gasteiger partial charge on any atom is -0.507 e. The van der Waals surface area contributed by atoms with Crippen LogP contribution in [-0.4, -0.2) is 25.1 Å². The van der Waals surface area contributed by atoms with Crippen molar-refractivity contribution in [2.24, 2.45) is 0 Å². The highest BCUT2D eigenvalue weighted by atomic mass is 32.2. The van der Waals surface area contributed by atoms with Gasteiger partial charge in [-0.2, -0.15) is 0 Å². The molecular weight excluding hydrogens is 332 g/mol. The van der Waals surface area contributed by atoms with Gasteiger partial charge in [-0.3, -0.25) is 0 Å². The van der Waals surface area contributed by atoms with Crippen molar-refractivity contribution in [2.75, 3.05) is 20.0 Å². The fourth-order valence-corrected chi connectivity index (χ4v) is 2.72. The minimum absolute atomic E-state index is 0.306. The molecule has 0 heterocycles. The fraction of sp³-hybridized carbons (Fsp3) is 0.238. The van der Waals surface area contributed by atoms with Crippen molar-refractivity contribution < 1.29 is 14.6 Å². The number of ether oxygens (including phenoxy) is 2. The van der Waals surface area contributed by atoms with Gasteiger partial charge in [0.2, 0.25) is 0 Å². The van der Waals surface area contributed by atoms with E-state index >= 15 is 0 Å². The second-order valence-corrected chi connectivity index (χ2v) is 6.65. The van der Waals surface area contributed by atoms with Gasteiger partial charge in [-0.1, -0.05) is 23.8 Å². The molecule has 2 aromatic carbocycles. The van der Waals surface area contributed by atoms with Gasteiger partial charge in [0.05, 0.1) is 7.11 Å². The predicted octanol–water partition coefficient (Wildman–Crippen LogP) is 5.64. The van der Waals surface area contributed by atoms with E-state index < -0.39 is 0 Å². The van der Waals surface area contributed by atoms with Crippen molar-refractivity contribution >= 4 is 23.9 Å². The molecule has 0 unspecified atom stereocenters. The summed E-state index contributed by atoms with van der Waals surface area (Å²) < 4.78 is 11.1. The normalized spacial score (nSPS) is 10.7. The van der Waals surface area contributed by atoms with Gasteiger partial charge in [0.1, 0.15) is 23.9 Å². The molecule has 0 spiro atoms. The molecule has 132 valence electrons. The number of phenolic OH excluding ortho intramolecular Hbond substituents is 1. The topological polar surface area (TPSA) is 38.7 Å². The first-order valence-electron chi connectivity index (χ1n) is 8.02. The Hall–Kier alpha value is -2.33. The van der Waals surface area contributed by atoms with Crippen LogP contribution in [0.1, 0.15) is 25.0 Å². The van der Waals surface area contributed by atoms with Crippen molar-refractivity contribution in [3.05, 3.63) is 59.2 Å². The maximum Gasteiger partial charge on any atom is 0.129 e. The van der Waals surface area contributed by atoms with E-state index in [0.29, 0.717) is 12.4 Å². The first-order valence-corrected chi connectivity index (χ1v) is 9.24. The maximum absolute atomic E-state index is 9.76. The van der Waals surface area contributed by atoms with Crippen LogP contribution in [0.3, 0.4) is 0 Å². The molecule has 0 saturated carbocycles. The first-order chi connectivity index (χ1) is 12.0. The Balaban J connectivity index is 2.21. The van der Waals surface area contributed by atoms with Crippen LogP contribution < -0.4 is 9.47 Å². The van der Waals surface area contributed by atoms with Gasteiger partial charge in [-0.05, 0) is 61.6 Å². The molecule has 0 amide bonds. The van der Waals surface area contributed by atoms with E-state index in [1.54, 1.807) is 13.2 Å². The highest BCUT2D eigenvalue weighted by molar-refractivity contribution is 7.98. The van der Waals surface area contributed by atoms with Crippen LogP contribution in [-0.2, 0) is 0 Å². The van der Waals surface area contributed by atoms with Crippen molar-refractivity contribution in [2.45, 2.75) is 18.7 Å². The zero-order valence-corrected chi connectivity index (χ0v) is 15.9. The monoisotopic (exact) mass is 356 g/mol. The van der Waals surface area contributed by atoms with Crippen molar-refractivity contribution in [1.82, 2.24) is 0 Å². The van der Waals surface area contributed by atoms with Gasteiger partial charge in [-0.25, -0.2) is 0 Å². The summed E-state index contributed by atoms with van der Waals surface area (Å²) in [6, 6.07) is 11.4. The van der Waals surface area contributed by atoms with Gasteiger partial charge < -0.3 is 14.6 Å². The lowest BCUT2D eigenvalue weighted by molar-refractivity contribution is 0.356. The van der Waals surface area contributed by atoms with Gasteiger partial charge in [-0.15, -0.1) is 11.8 Å². The third kappa shape index (κ3) is 5.91. The molecule has 0 bridgehead atoms. The van der Waals surface area contributed by atoms with Crippen LogP contribution in [0.25, 0.3) is 12.2 Å². The molecule has 0 aliphatic carbocycles. The third-order valence-electron chi connectivity index (χ3n) is 3.55. The van der Waals surface area contributed by atoms with E-state index in [4.69, 9.17) is 9.47 Å². The van der Waals surface area contributed by atoms with Gasteiger partial charge in [0.25, 0.3) is 0 Å². The average Bonchev–Trinajstić information content (AvgIpc) is 2.60. The number of allylic oxidation sites excluding steroid dienone is 1. The second-order valence-electron chi connectivity index (χ2n) is 5.80. The molecule has 0 atom stereocenters. The Bertz CT molecular complexity index is 775. The summed E-state index contributed by atoms with van der Waals surface area (Å²) in [4.78, 5) is 0.860. The quantitative estimate of drug-likeness (QED) is 0.396. The SMILES string of the molecule is COc1cc(/C=C/c2ccc(O)c(SC)c2)cc(OCC=C(C)C)c1. The van der Waals surface area contributed by atoms with Gasteiger partial charge >= 0.3 is 0 Å². The molecule has 25 heavy (non-hydrogen) atoms. The molecule has 4 heteroatoms. The molecule has 0 radical (unpaired) electrons. The molecule has 2 aromatic rings. The fourth-order valence-electron chi connectivity index (χ4n) is 2.19. The van der Waals surface area contributed by atoms with E-state index in [9.17, 15) is 5.11 Å². The average molecular weight is 356 g/mol. The zero-order valence-electron chi connectivity index (χ0n) is 15.1. The van der Waals surface area contributed by atoms with E-state index in [0.717, 1.165) is 27.5 Å². The number of phenols is 1. The predicted molar refractivity (Wildman–Crippen MR) is 107 cm³/mol. The summed E-state index contributed by atoms with van der Waals surface area (Å²) in [5, 5.41) is 9.76. The van der Waals surface area contributed by atoms with Gasteiger partial charge in [0.15, 0.2) is 0 Å². The number of hydrogen-bond donors (Lipinski definition) is 1. The molecule has 2 rings (SSSR count). The Morgan fingerprint density at radius 3 is 2.44 bits per heavy atom. The molecular formula is C21H24O3S. The minimum atomic E-state index is 0.306. The Kier molecular flexibility index (Phi) is 7.02. The van der Waals surface area contributed by atoms with E-state index in [2.05, 4.69) is 0 Å². The maximum atomic E-state index is 9.76. The molecule has 1 N–H and O–H groups in total. The standard InChI is InChI=1S/C21H24O3S/c1-15(2)9-10-24-19-12-17(11-18(14-19)23-3)6-5-16-7-8-20(22)21(13-16)25-4/h5-9,11-14,22H,10H2,1-4H3/b6-5+. The molecule has 0 aromatic heterocycles. The lowest BCUT2D eigenvalue weighted by atomic mass is 10.1. The number of benzene rings is 2. The zero-order chi connectivity index (χ0) is 18.2. The lowest BCUT2D eigenvalue weighted by Gasteiger charge is -2.08. The van der Waals surface area contributed by atoms with Gasteiger partial charge in [0, 0.05) is 11.0 Å². The summed E-state index contributed by atoms with van der Waals surface area (Å²) in [6.07, 6.45) is 8.00. The van der Waals surface area contributed by atoms with Crippen LogP contribution in [0.4, 0.5) is 0 Å². The summed E-state index contributed by atoms with van der Waals surface area (Å²) >= 11 is 1.52. The number of rotatable bonds is 7. The summed E-state index contributed by atoms with van der Waals surface area (Å²) in [5.74, 6) is 1.83. The molecule has 0 saturated heterocycles. The highest BCUT2D eigenvalue weighted by Crippen LogP contribution is 2.28. The van der Waals surface area contributed by atoms with Crippen LogP contribution in [0.15, 0.2) is 52.9 Å². The van der Waals surface area contributed by atoms with E-state index in [-0.39, 0.29) is 0 Å². The number of aromatic hydroxyl groups is 1. The second kappa shape index (κ2) is 9.23. The summed E-state index contributed by atoms with van der Waals surface area (Å²) in [5.41, 5.74) is 3.24. The first kappa shape index (κ1) is 19.0. The number of methoxy groups -OCH3 is 1. The molecule has 3 nitrogen and oxygen atoms in total. The van der Waals surface area contributed by atoms with E-state index in [1.165, 1.54) is 17.3 Å². The number of thioether (sulfide) groups is 1. The third-order valence-corrected chi connectivity index (χ3v) is 4.32. The Morgan fingerprint density at radius 2 is 1.76 bits per heavy atom. The van der Waals surface area contributed by atoms with Crippen molar-refractivity contribution in [3.63, 3.8) is 0 Å². The van der Waals surface area contributed by atoms with E-state index in [1.807, 2.05) is 68.7 Å². The Labute approximate surface area is 154 Å². The largest absolute Gasteiger partial charge is 0.507 e. The van der Waals surface area contributed by atoms with Crippen molar-refractivity contribution in [3.8, 4) is 17.2 Å². The van der Waals surface area contributed by atoms with Crippen LogP contribution in [0.5, 0.6) is 17.2 Å². The van der Waals surface area contributed by atoms with Crippen LogP contribution in [0, 0.1) is 0 Å². The van der Waals surface area contributed by atoms with Crippen LogP contribution >= 0.6 is 11.8 Å².